The lowest BCUT2D eigenvalue weighted by Crippen LogP contribution is -2.32. The quantitative estimate of drug-likeness (QED) is 0.838. The Kier molecular flexibility index (Phi) is 4.62. The van der Waals surface area contributed by atoms with E-state index in [1.807, 2.05) is 12.1 Å². The predicted octanol–water partition coefficient (Wildman–Crippen LogP) is 4.58. The molecule has 0 bridgehead atoms. The summed E-state index contributed by atoms with van der Waals surface area (Å²) in [5.41, 5.74) is 0.792. The zero-order chi connectivity index (χ0) is 13.9. The van der Waals surface area contributed by atoms with Gasteiger partial charge in [0.15, 0.2) is 0 Å². The summed E-state index contributed by atoms with van der Waals surface area (Å²) in [5.74, 6) is 1.08. The van der Waals surface area contributed by atoms with Crippen molar-refractivity contribution >= 4 is 11.6 Å². The summed E-state index contributed by atoms with van der Waals surface area (Å²) in [6.45, 7) is 1.11. The van der Waals surface area contributed by atoms with Crippen molar-refractivity contribution in [1.29, 1.82) is 0 Å². The molecule has 1 aromatic carbocycles. The number of halogens is 2. The topological polar surface area (TPSA) is 12.0 Å². The molecule has 2 unspecified atom stereocenters. The lowest BCUT2D eigenvalue weighted by Gasteiger charge is -2.32. The molecule has 2 aliphatic carbocycles. The summed E-state index contributed by atoms with van der Waals surface area (Å²) in [5, 5.41) is 3.90. The van der Waals surface area contributed by atoms with Gasteiger partial charge in [-0.3, -0.25) is 0 Å². The molecular weight excluding hydrogens is 273 g/mol. The molecule has 2 saturated carbocycles. The first kappa shape index (κ1) is 14.3. The number of hydrogen-bond donors (Lipinski definition) is 1. The third-order valence-electron chi connectivity index (χ3n) is 4.83. The molecular formula is C17H23ClFN. The Morgan fingerprint density at radius 3 is 2.60 bits per heavy atom. The van der Waals surface area contributed by atoms with Crippen molar-refractivity contribution in [3.05, 3.63) is 34.6 Å². The van der Waals surface area contributed by atoms with Gasteiger partial charge in [0, 0.05) is 6.04 Å². The zero-order valence-corrected chi connectivity index (χ0v) is 12.6. The maximum Gasteiger partial charge on any atom is 0.144 e. The minimum absolute atomic E-state index is 0.214. The van der Waals surface area contributed by atoms with Gasteiger partial charge in [-0.2, -0.15) is 0 Å². The van der Waals surface area contributed by atoms with E-state index < -0.39 is 0 Å². The maximum atomic E-state index is 14.1. The Bertz CT molecular complexity index is 458. The first-order chi connectivity index (χ1) is 9.74. The first-order valence-electron chi connectivity index (χ1n) is 7.90. The van der Waals surface area contributed by atoms with E-state index >= 15 is 0 Å². The van der Waals surface area contributed by atoms with Crippen molar-refractivity contribution in [3.8, 4) is 0 Å². The highest BCUT2D eigenvalue weighted by molar-refractivity contribution is 6.30. The minimum atomic E-state index is -0.214. The van der Waals surface area contributed by atoms with Gasteiger partial charge in [-0.1, -0.05) is 36.6 Å². The van der Waals surface area contributed by atoms with E-state index in [2.05, 4.69) is 5.32 Å². The highest BCUT2D eigenvalue weighted by Crippen LogP contribution is 2.34. The first-order valence-corrected chi connectivity index (χ1v) is 8.28. The lowest BCUT2D eigenvalue weighted by molar-refractivity contribution is 0.226. The molecule has 2 fully saturated rings. The molecule has 3 heteroatoms. The molecule has 2 atom stereocenters. The van der Waals surface area contributed by atoms with E-state index in [9.17, 15) is 4.39 Å². The van der Waals surface area contributed by atoms with E-state index in [1.54, 1.807) is 6.07 Å². The van der Waals surface area contributed by atoms with Gasteiger partial charge in [0.25, 0.3) is 0 Å². The SMILES string of the molecule is Fc1c(Cl)cccc1CC1CCCCC1CNC1CC1. The van der Waals surface area contributed by atoms with E-state index in [0.717, 1.165) is 24.6 Å². The van der Waals surface area contributed by atoms with Crippen LogP contribution in [0, 0.1) is 17.7 Å². The minimum Gasteiger partial charge on any atom is -0.314 e. The highest BCUT2D eigenvalue weighted by Gasteiger charge is 2.28. The molecule has 110 valence electrons. The molecule has 3 rings (SSSR count). The van der Waals surface area contributed by atoms with Crippen molar-refractivity contribution in [2.75, 3.05) is 6.54 Å². The van der Waals surface area contributed by atoms with Crippen molar-refractivity contribution < 1.29 is 4.39 Å². The average molecular weight is 296 g/mol. The normalized spacial score (nSPS) is 26.7. The maximum absolute atomic E-state index is 14.1. The van der Waals surface area contributed by atoms with Crippen LogP contribution >= 0.6 is 11.6 Å². The van der Waals surface area contributed by atoms with Crippen LogP contribution in [0.5, 0.6) is 0 Å². The molecule has 0 aromatic heterocycles. The Labute approximate surface area is 125 Å². The lowest BCUT2D eigenvalue weighted by atomic mass is 9.76. The van der Waals surface area contributed by atoms with Crippen LogP contribution in [0.1, 0.15) is 44.1 Å². The van der Waals surface area contributed by atoms with Gasteiger partial charge >= 0.3 is 0 Å². The summed E-state index contributed by atoms with van der Waals surface area (Å²) in [6.07, 6.45) is 8.62. The third-order valence-corrected chi connectivity index (χ3v) is 5.12. The second-order valence-electron chi connectivity index (χ2n) is 6.40. The van der Waals surface area contributed by atoms with Crippen molar-refractivity contribution in [2.24, 2.45) is 11.8 Å². The molecule has 20 heavy (non-hydrogen) atoms. The zero-order valence-electron chi connectivity index (χ0n) is 11.9. The molecule has 0 spiro atoms. The number of benzene rings is 1. The summed E-state index contributed by atoms with van der Waals surface area (Å²) >= 11 is 5.89. The molecule has 0 heterocycles. The van der Waals surface area contributed by atoms with Crippen LogP contribution in [0.4, 0.5) is 4.39 Å². The third kappa shape index (κ3) is 3.53. The Morgan fingerprint density at radius 1 is 1.10 bits per heavy atom. The van der Waals surface area contributed by atoms with Gasteiger partial charge in [0.2, 0.25) is 0 Å². The van der Waals surface area contributed by atoms with Crippen LogP contribution in [0.15, 0.2) is 18.2 Å². The van der Waals surface area contributed by atoms with E-state index in [0.29, 0.717) is 11.8 Å². The van der Waals surface area contributed by atoms with Gasteiger partial charge < -0.3 is 5.32 Å². The van der Waals surface area contributed by atoms with Gasteiger partial charge in [-0.25, -0.2) is 4.39 Å². The van der Waals surface area contributed by atoms with Gasteiger partial charge in [0.05, 0.1) is 5.02 Å². The van der Waals surface area contributed by atoms with Crippen molar-refractivity contribution in [2.45, 2.75) is 51.0 Å². The standard InChI is InChI=1S/C17H23ClFN/c18-16-7-3-6-13(17(16)19)10-12-4-1-2-5-14(12)11-20-15-8-9-15/h3,6-7,12,14-15,20H,1-2,4-5,8-11H2. The Morgan fingerprint density at radius 2 is 1.85 bits per heavy atom. The van der Waals surface area contributed by atoms with Crippen LogP contribution in [0.25, 0.3) is 0 Å². The van der Waals surface area contributed by atoms with E-state index in [4.69, 9.17) is 11.6 Å². The summed E-state index contributed by atoms with van der Waals surface area (Å²) in [6, 6.07) is 6.15. The van der Waals surface area contributed by atoms with Crippen molar-refractivity contribution in [3.63, 3.8) is 0 Å². The van der Waals surface area contributed by atoms with Gasteiger partial charge in [-0.15, -0.1) is 0 Å². The average Bonchev–Trinajstić information content (AvgIpc) is 3.27. The molecule has 0 saturated heterocycles. The summed E-state index contributed by atoms with van der Waals surface area (Å²) in [7, 11) is 0. The van der Waals surface area contributed by atoms with Crippen LogP contribution in [0.3, 0.4) is 0 Å². The Hall–Kier alpha value is -0.600. The fraction of sp³-hybridized carbons (Fsp3) is 0.647. The van der Waals surface area contributed by atoms with Gasteiger partial charge in [-0.05, 0) is 62.1 Å². The van der Waals surface area contributed by atoms with Gasteiger partial charge in [0.1, 0.15) is 5.82 Å². The van der Waals surface area contributed by atoms with E-state index in [-0.39, 0.29) is 10.8 Å². The van der Waals surface area contributed by atoms with E-state index in [1.165, 1.54) is 38.5 Å². The molecule has 0 aliphatic heterocycles. The van der Waals surface area contributed by atoms with Crippen molar-refractivity contribution in [1.82, 2.24) is 5.32 Å². The molecule has 2 aliphatic rings. The smallest absolute Gasteiger partial charge is 0.144 e. The Balaban J connectivity index is 1.64. The number of hydrogen-bond acceptors (Lipinski definition) is 1. The second kappa shape index (κ2) is 6.44. The highest BCUT2D eigenvalue weighted by atomic mass is 35.5. The molecule has 1 N–H and O–H groups in total. The molecule has 0 radical (unpaired) electrons. The van der Waals surface area contributed by atoms with Crippen LogP contribution in [-0.2, 0) is 6.42 Å². The predicted molar refractivity (Wildman–Crippen MR) is 81.6 cm³/mol. The largest absolute Gasteiger partial charge is 0.314 e. The molecule has 1 aromatic rings. The summed E-state index contributed by atoms with van der Waals surface area (Å²) < 4.78 is 14.1. The second-order valence-corrected chi connectivity index (χ2v) is 6.81. The monoisotopic (exact) mass is 295 g/mol. The van der Waals surface area contributed by atoms with Crippen LogP contribution in [0.2, 0.25) is 5.02 Å². The number of nitrogens with one attached hydrogen (secondary N) is 1. The molecule has 1 nitrogen and oxygen atoms in total. The number of rotatable bonds is 5. The van der Waals surface area contributed by atoms with Crippen LogP contribution < -0.4 is 5.32 Å². The molecule has 0 amide bonds. The fourth-order valence-electron chi connectivity index (χ4n) is 3.42. The fourth-order valence-corrected chi connectivity index (χ4v) is 3.61. The van der Waals surface area contributed by atoms with Crippen LogP contribution in [-0.4, -0.2) is 12.6 Å². The summed E-state index contributed by atoms with van der Waals surface area (Å²) in [4.78, 5) is 0.